The minimum absolute atomic E-state index is 0.0181. The van der Waals surface area contributed by atoms with E-state index in [-0.39, 0.29) is 17.2 Å². The van der Waals surface area contributed by atoms with Gasteiger partial charge in [-0.2, -0.15) is 0 Å². The van der Waals surface area contributed by atoms with E-state index in [0.29, 0.717) is 21.9 Å². The number of para-hydroxylation sites is 1. The molecular formula is C22H18N4O2S2. The molecule has 4 aromatic rings. The van der Waals surface area contributed by atoms with Crippen LogP contribution in [0.4, 0.5) is 5.69 Å². The van der Waals surface area contributed by atoms with E-state index in [1.165, 1.54) is 28.7 Å². The van der Waals surface area contributed by atoms with E-state index in [2.05, 4.69) is 4.98 Å². The van der Waals surface area contributed by atoms with E-state index < -0.39 is 0 Å². The molecule has 0 fully saturated rings. The highest BCUT2D eigenvalue weighted by atomic mass is 32.2. The predicted molar refractivity (Wildman–Crippen MR) is 123 cm³/mol. The topological polar surface area (TPSA) is 81.2 Å². The average Bonchev–Trinajstić information content (AvgIpc) is 3.40. The van der Waals surface area contributed by atoms with Gasteiger partial charge in [0.15, 0.2) is 5.16 Å². The molecule has 2 aromatic heterocycles. The smallest absolute Gasteiger partial charge is 0.282 e. The molecule has 30 heavy (non-hydrogen) atoms. The quantitative estimate of drug-likeness (QED) is 0.302. The summed E-state index contributed by atoms with van der Waals surface area (Å²) in [5.74, 6) is 6.22. The molecule has 2 aromatic carbocycles. The van der Waals surface area contributed by atoms with Gasteiger partial charge in [-0.15, -0.1) is 11.3 Å². The Labute approximate surface area is 180 Å². The second-order valence-corrected chi connectivity index (χ2v) is 8.78. The third-order valence-electron chi connectivity index (χ3n) is 5.21. The Morgan fingerprint density at radius 3 is 2.73 bits per heavy atom. The zero-order valence-corrected chi connectivity index (χ0v) is 17.6. The number of anilines is 1. The van der Waals surface area contributed by atoms with Crippen LogP contribution in [0.1, 0.15) is 5.56 Å². The fraction of sp³-hybridized carbons (Fsp3) is 0.136. The van der Waals surface area contributed by atoms with Crippen molar-refractivity contribution >= 4 is 44.9 Å². The first kappa shape index (κ1) is 18.9. The van der Waals surface area contributed by atoms with Crippen molar-refractivity contribution in [3.63, 3.8) is 0 Å². The number of carbonyl (C=O) groups is 1. The summed E-state index contributed by atoms with van der Waals surface area (Å²) in [4.78, 5) is 32.7. The number of carbonyl (C=O) groups excluding carboxylic acids is 1. The maximum absolute atomic E-state index is 13.0. The number of rotatable bonds is 4. The SMILES string of the molecule is Nn1c(SCC(=O)N2CCc3ccccc32)nc2scc(-c3ccccc3)c2c1=O. The maximum Gasteiger partial charge on any atom is 0.282 e. The molecule has 8 heteroatoms. The van der Waals surface area contributed by atoms with Crippen LogP contribution in [0.5, 0.6) is 0 Å². The van der Waals surface area contributed by atoms with Gasteiger partial charge < -0.3 is 10.7 Å². The van der Waals surface area contributed by atoms with Crippen molar-refractivity contribution in [1.82, 2.24) is 9.66 Å². The summed E-state index contributed by atoms with van der Waals surface area (Å²) >= 11 is 2.60. The first-order valence-corrected chi connectivity index (χ1v) is 11.4. The first-order chi connectivity index (χ1) is 14.6. The van der Waals surface area contributed by atoms with Gasteiger partial charge in [-0.05, 0) is 23.6 Å². The van der Waals surface area contributed by atoms with E-state index in [9.17, 15) is 9.59 Å². The van der Waals surface area contributed by atoms with Crippen molar-refractivity contribution in [2.75, 3.05) is 23.0 Å². The third-order valence-corrected chi connectivity index (χ3v) is 7.01. The Morgan fingerprint density at radius 1 is 1.13 bits per heavy atom. The summed E-state index contributed by atoms with van der Waals surface area (Å²) in [5, 5.41) is 2.78. The molecule has 0 saturated carbocycles. The van der Waals surface area contributed by atoms with Crippen LogP contribution in [0.15, 0.2) is 69.9 Å². The molecule has 0 bridgehead atoms. The normalized spacial score (nSPS) is 13.0. The van der Waals surface area contributed by atoms with Crippen molar-refractivity contribution < 1.29 is 4.79 Å². The van der Waals surface area contributed by atoms with Crippen molar-refractivity contribution in [2.24, 2.45) is 0 Å². The molecule has 0 aliphatic carbocycles. The van der Waals surface area contributed by atoms with Gasteiger partial charge >= 0.3 is 0 Å². The fourth-order valence-electron chi connectivity index (χ4n) is 3.72. The minimum atomic E-state index is -0.304. The van der Waals surface area contributed by atoms with Gasteiger partial charge in [-0.1, -0.05) is 60.3 Å². The van der Waals surface area contributed by atoms with E-state index in [1.807, 2.05) is 60.0 Å². The highest BCUT2D eigenvalue weighted by Gasteiger charge is 2.25. The molecular weight excluding hydrogens is 416 g/mol. The summed E-state index contributed by atoms with van der Waals surface area (Å²) in [6, 6.07) is 17.6. The molecule has 0 atom stereocenters. The van der Waals surface area contributed by atoms with E-state index in [0.717, 1.165) is 27.9 Å². The molecule has 5 rings (SSSR count). The number of thiophene rings is 1. The van der Waals surface area contributed by atoms with Crippen molar-refractivity contribution in [3.8, 4) is 11.1 Å². The highest BCUT2D eigenvalue weighted by molar-refractivity contribution is 7.99. The largest absolute Gasteiger partial charge is 0.334 e. The highest BCUT2D eigenvalue weighted by Crippen LogP contribution is 2.32. The second kappa shape index (κ2) is 7.62. The number of thioether (sulfide) groups is 1. The Hall–Kier alpha value is -3.10. The van der Waals surface area contributed by atoms with Crippen molar-refractivity contribution in [2.45, 2.75) is 11.6 Å². The summed E-state index contributed by atoms with van der Waals surface area (Å²) in [7, 11) is 0. The molecule has 0 spiro atoms. The monoisotopic (exact) mass is 434 g/mol. The molecule has 3 heterocycles. The lowest BCUT2D eigenvalue weighted by Crippen LogP contribution is -2.32. The van der Waals surface area contributed by atoms with Gasteiger partial charge in [0, 0.05) is 23.2 Å². The van der Waals surface area contributed by atoms with Crippen LogP contribution in [0, 0.1) is 0 Å². The van der Waals surface area contributed by atoms with Gasteiger partial charge in [0.2, 0.25) is 5.91 Å². The number of nitrogens with zero attached hydrogens (tertiary/aromatic N) is 3. The molecule has 1 aliphatic heterocycles. The Morgan fingerprint density at radius 2 is 1.90 bits per heavy atom. The Kier molecular flexibility index (Phi) is 4.80. The number of amides is 1. The maximum atomic E-state index is 13.0. The predicted octanol–water partition coefficient (Wildman–Crippen LogP) is 3.52. The number of fused-ring (bicyclic) bond motifs is 2. The van der Waals surface area contributed by atoms with Crippen LogP contribution in [0.25, 0.3) is 21.3 Å². The second-order valence-electron chi connectivity index (χ2n) is 6.98. The van der Waals surface area contributed by atoms with Gasteiger partial charge in [-0.3, -0.25) is 9.59 Å². The molecule has 0 radical (unpaired) electrons. The molecule has 150 valence electrons. The standard InChI is InChI=1S/C22H18N4O2S2/c23-26-21(28)19-16(14-6-2-1-3-7-14)12-29-20(19)24-22(26)30-13-18(27)25-11-10-15-8-4-5-9-17(15)25/h1-9,12H,10-11,13,23H2. The van der Waals surface area contributed by atoms with Crippen LogP contribution in [-0.4, -0.2) is 27.9 Å². The fourth-order valence-corrected chi connectivity index (χ4v) is 5.50. The average molecular weight is 435 g/mol. The Bertz CT molecular complexity index is 1310. The molecule has 0 saturated heterocycles. The number of benzene rings is 2. The van der Waals surface area contributed by atoms with Gasteiger partial charge in [0.05, 0.1) is 11.1 Å². The molecule has 2 N–H and O–H groups in total. The summed E-state index contributed by atoms with van der Waals surface area (Å²) in [6.45, 7) is 0.673. The zero-order chi connectivity index (χ0) is 20.7. The number of aromatic nitrogens is 2. The zero-order valence-electron chi connectivity index (χ0n) is 15.9. The van der Waals surface area contributed by atoms with Gasteiger partial charge in [0.25, 0.3) is 5.56 Å². The lowest BCUT2D eigenvalue weighted by molar-refractivity contribution is -0.116. The van der Waals surface area contributed by atoms with E-state index >= 15 is 0 Å². The Balaban J connectivity index is 1.41. The lowest BCUT2D eigenvalue weighted by Gasteiger charge is -2.17. The van der Waals surface area contributed by atoms with Crippen LogP contribution >= 0.6 is 23.1 Å². The number of nitrogen functional groups attached to an aromatic ring is 1. The first-order valence-electron chi connectivity index (χ1n) is 9.49. The third kappa shape index (κ3) is 3.18. The van der Waals surface area contributed by atoms with E-state index in [4.69, 9.17) is 5.84 Å². The molecule has 1 aliphatic rings. The summed E-state index contributed by atoms with van der Waals surface area (Å²) in [6.07, 6.45) is 0.857. The number of hydrogen-bond acceptors (Lipinski definition) is 6. The number of hydrogen-bond donors (Lipinski definition) is 1. The van der Waals surface area contributed by atoms with Crippen molar-refractivity contribution in [1.29, 1.82) is 0 Å². The summed E-state index contributed by atoms with van der Waals surface area (Å²) in [5.41, 5.74) is 3.61. The van der Waals surface area contributed by atoms with Crippen LogP contribution < -0.4 is 16.3 Å². The molecule has 1 amide bonds. The van der Waals surface area contributed by atoms with Crippen molar-refractivity contribution in [3.05, 3.63) is 75.9 Å². The lowest BCUT2D eigenvalue weighted by atomic mass is 10.1. The minimum Gasteiger partial charge on any atom is -0.334 e. The van der Waals surface area contributed by atoms with Crippen LogP contribution in [0.2, 0.25) is 0 Å². The number of nitrogens with two attached hydrogens (primary N) is 1. The summed E-state index contributed by atoms with van der Waals surface area (Å²) < 4.78 is 1.05. The van der Waals surface area contributed by atoms with Crippen LogP contribution in [0.3, 0.4) is 0 Å². The van der Waals surface area contributed by atoms with E-state index in [1.54, 1.807) is 4.90 Å². The van der Waals surface area contributed by atoms with Crippen LogP contribution in [-0.2, 0) is 11.2 Å². The van der Waals surface area contributed by atoms with Gasteiger partial charge in [0.1, 0.15) is 4.83 Å². The molecule has 6 nitrogen and oxygen atoms in total. The van der Waals surface area contributed by atoms with Gasteiger partial charge in [-0.25, -0.2) is 9.66 Å². The molecule has 0 unspecified atom stereocenters.